The summed E-state index contributed by atoms with van der Waals surface area (Å²) in [6.45, 7) is 3.07. The molecule has 3 aromatic rings. The third kappa shape index (κ3) is 2.29. The maximum atomic E-state index is 4.99. The van der Waals surface area contributed by atoms with Crippen molar-refractivity contribution >= 4 is 5.71 Å². The smallest absolute Gasteiger partial charge is 0.0722 e. The Kier molecular flexibility index (Phi) is 3.34. The van der Waals surface area contributed by atoms with Crippen LogP contribution in [0.5, 0.6) is 0 Å². The van der Waals surface area contributed by atoms with E-state index in [2.05, 4.69) is 85.8 Å². The van der Waals surface area contributed by atoms with Crippen molar-refractivity contribution in [3.8, 4) is 0 Å². The van der Waals surface area contributed by atoms with Crippen LogP contribution in [0.15, 0.2) is 89.9 Å². The van der Waals surface area contributed by atoms with Gasteiger partial charge in [0, 0.05) is 16.5 Å². The van der Waals surface area contributed by atoms with Crippen LogP contribution in [0, 0.1) is 0 Å². The van der Waals surface area contributed by atoms with E-state index in [1.807, 2.05) is 6.07 Å². The number of hydrogen-bond acceptors (Lipinski definition) is 1. The number of benzene rings is 3. The van der Waals surface area contributed by atoms with Gasteiger partial charge in [-0.25, -0.2) is 0 Å². The Balaban J connectivity index is 1.90. The van der Waals surface area contributed by atoms with Crippen molar-refractivity contribution in [1.29, 1.82) is 0 Å². The van der Waals surface area contributed by atoms with Crippen LogP contribution in [-0.4, -0.2) is 12.3 Å². The van der Waals surface area contributed by atoms with Gasteiger partial charge in [0.1, 0.15) is 0 Å². The third-order valence-corrected chi connectivity index (χ3v) is 4.79. The molecule has 1 atom stereocenters. The summed E-state index contributed by atoms with van der Waals surface area (Å²) in [5.41, 5.74) is 6.15. The zero-order valence-electron chi connectivity index (χ0n) is 13.2. The molecule has 112 valence electrons. The lowest BCUT2D eigenvalue weighted by molar-refractivity contribution is 0.576. The zero-order chi connectivity index (χ0) is 15.7. The second kappa shape index (κ2) is 5.51. The van der Waals surface area contributed by atoms with Crippen LogP contribution in [0.3, 0.4) is 0 Å². The van der Waals surface area contributed by atoms with Crippen molar-refractivity contribution < 1.29 is 0 Å². The molecule has 0 aliphatic carbocycles. The highest BCUT2D eigenvalue weighted by molar-refractivity contribution is 6.14. The van der Waals surface area contributed by atoms with Gasteiger partial charge in [-0.15, -0.1) is 0 Å². The summed E-state index contributed by atoms with van der Waals surface area (Å²) < 4.78 is 0. The fraction of sp³-hybridized carbons (Fsp3) is 0.136. The van der Waals surface area contributed by atoms with Gasteiger partial charge in [0.2, 0.25) is 0 Å². The summed E-state index contributed by atoms with van der Waals surface area (Å²) >= 11 is 0. The molecule has 3 aromatic carbocycles. The zero-order valence-corrected chi connectivity index (χ0v) is 13.2. The SMILES string of the molecule is CC1(c2ccccc2)CN=C(c2ccccc2)c2ccccc21. The van der Waals surface area contributed by atoms with Gasteiger partial charge in [0.25, 0.3) is 0 Å². The second-order valence-electron chi connectivity index (χ2n) is 6.27. The Morgan fingerprint density at radius 1 is 0.739 bits per heavy atom. The molecule has 1 aliphatic heterocycles. The van der Waals surface area contributed by atoms with Gasteiger partial charge in [-0.05, 0) is 18.1 Å². The van der Waals surface area contributed by atoms with E-state index in [0.717, 1.165) is 12.3 Å². The lowest BCUT2D eigenvalue weighted by Crippen LogP contribution is -2.34. The Bertz CT molecular complexity index is 849. The summed E-state index contributed by atoms with van der Waals surface area (Å²) in [5.74, 6) is 0. The highest BCUT2D eigenvalue weighted by atomic mass is 14.8. The first-order chi connectivity index (χ1) is 11.3. The van der Waals surface area contributed by atoms with Gasteiger partial charge in [-0.2, -0.15) is 0 Å². The topological polar surface area (TPSA) is 12.4 Å². The molecule has 1 heteroatoms. The summed E-state index contributed by atoms with van der Waals surface area (Å²) in [6, 6.07) is 29.9. The predicted molar refractivity (Wildman–Crippen MR) is 96.3 cm³/mol. The molecule has 0 bridgehead atoms. The number of fused-ring (bicyclic) bond motifs is 1. The molecular formula is C22H19N. The maximum absolute atomic E-state index is 4.99. The highest BCUT2D eigenvalue weighted by Crippen LogP contribution is 2.38. The molecular weight excluding hydrogens is 278 g/mol. The minimum Gasteiger partial charge on any atom is -0.283 e. The van der Waals surface area contributed by atoms with Gasteiger partial charge < -0.3 is 0 Å². The van der Waals surface area contributed by atoms with Crippen molar-refractivity contribution in [2.45, 2.75) is 12.3 Å². The first-order valence-electron chi connectivity index (χ1n) is 8.04. The number of aliphatic imine (C=N–C) groups is 1. The molecule has 1 nitrogen and oxygen atoms in total. The summed E-state index contributed by atoms with van der Waals surface area (Å²) in [6.07, 6.45) is 0. The Morgan fingerprint density at radius 2 is 1.35 bits per heavy atom. The summed E-state index contributed by atoms with van der Waals surface area (Å²) in [4.78, 5) is 4.99. The Hall–Kier alpha value is -2.67. The van der Waals surface area contributed by atoms with E-state index < -0.39 is 0 Å². The quantitative estimate of drug-likeness (QED) is 0.641. The van der Waals surface area contributed by atoms with Crippen LogP contribution in [-0.2, 0) is 5.41 Å². The molecule has 0 saturated heterocycles. The largest absolute Gasteiger partial charge is 0.283 e. The van der Waals surface area contributed by atoms with E-state index in [0.29, 0.717) is 0 Å². The molecule has 0 fully saturated rings. The van der Waals surface area contributed by atoms with E-state index >= 15 is 0 Å². The molecule has 0 spiro atoms. The minimum absolute atomic E-state index is 0.0733. The summed E-state index contributed by atoms with van der Waals surface area (Å²) in [5, 5.41) is 0. The lowest BCUT2D eigenvalue weighted by Gasteiger charge is -2.35. The molecule has 0 radical (unpaired) electrons. The molecule has 1 unspecified atom stereocenters. The van der Waals surface area contributed by atoms with Crippen LogP contribution < -0.4 is 0 Å². The molecule has 4 rings (SSSR count). The molecule has 23 heavy (non-hydrogen) atoms. The number of nitrogens with zero attached hydrogens (tertiary/aromatic N) is 1. The number of rotatable bonds is 2. The highest BCUT2D eigenvalue weighted by Gasteiger charge is 2.35. The minimum atomic E-state index is -0.0733. The molecule has 0 amide bonds. The van der Waals surface area contributed by atoms with E-state index in [-0.39, 0.29) is 5.41 Å². The average Bonchev–Trinajstić information content (AvgIpc) is 2.64. The van der Waals surface area contributed by atoms with Crippen molar-refractivity contribution in [2.75, 3.05) is 6.54 Å². The summed E-state index contributed by atoms with van der Waals surface area (Å²) in [7, 11) is 0. The van der Waals surface area contributed by atoms with Crippen molar-refractivity contribution in [2.24, 2.45) is 4.99 Å². The van der Waals surface area contributed by atoms with Crippen LogP contribution in [0.4, 0.5) is 0 Å². The first kappa shape index (κ1) is 14.0. The fourth-order valence-electron chi connectivity index (χ4n) is 3.47. The van der Waals surface area contributed by atoms with Crippen molar-refractivity contribution in [3.05, 3.63) is 107 Å². The predicted octanol–water partition coefficient (Wildman–Crippen LogP) is 4.84. The lowest BCUT2D eigenvalue weighted by atomic mass is 9.71. The van der Waals surface area contributed by atoms with Crippen LogP contribution in [0.1, 0.15) is 29.2 Å². The molecule has 0 N–H and O–H groups in total. The van der Waals surface area contributed by atoms with Gasteiger partial charge in [0.15, 0.2) is 0 Å². The van der Waals surface area contributed by atoms with E-state index in [1.54, 1.807) is 0 Å². The monoisotopic (exact) mass is 297 g/mol. The van der Waals surface area contributed by atoms with Gasteiger partial charge in [0.05, 0.1) is 12.3 Å². The first-order valence-corrected chi connectivity index (χ1v) is 8.04. The van der Waals surface area contributed by atoms with Crippen LogP contribution >= 0.6 is 0 Å². The van der Waals surface area contributed by atoms with E-state index in [9.17, 15) is 0 Å². The third-order valence-electron chi connectivity index (χ3n) is 4.79. The molecule has 1 heterocycles. The number of hydrogen-bond donors (Lipinski definition) is 0. The molecule has 0 aromatic heterocycles. The van der Waals surface area contributed by atoms with Gasteiger partial charge in [-0.3, -0.25) is 4.99 Å². The van der Waals surface area contributed by atoms with Gasteiger partial charge >= 0.3 is 0 Å². The van der Waals surface area contributed by atoms with Gasteiger partial charge in [-0.1, -0.05) is 84.9 Å². The van der Waals surface area contributed by atoms with Crippen molar-refractivity contribution in [1.82, 2.24) is 0 Å². The van der Waals surface area contributed by atoms with E-state index in [4.69, 9.17) is 4.99 Å². The van der Waals surface area contributed by atoms with Crippen LogP contribution in [0.2, 0.25) is 0 Å². The molecule has 0 saturated carbocycles. The Labute approximate surface area is 137 Å². The normalized spacial score (nSPS) is 19.8. The van der Waals surface area contributed by atoms with Crippen molar-refractivity contribution in [3.63, 3.8) is 0 Å². The second-order valence-corrected chi connectivity index (χ2v) is 6.27. The standard InChI is InChI=1S/C22H19N/c1-22(18-12-6-3-7-13-18)16-23-21(17-10-4-2-5-11-17)19-14-8-9-15-20(19)22/h2-15H,16H2,1H3. The Morgan fingerprint density at radius 3 is 2.09 bits per heavy atom. The average molecular weight is 297 g/mol. The van der Waals surface area contributed by atoms with Crippen LogP contribution in [0.25, 0.3) is 0 Å². The molecule has 1 aliphatic rings. The van der Waals surface area contributed by atoms with E-state index in [1.165, 1.54) is 22.3 Å². The maximum Gasteiger partial charge on any atom is 0.0722 e. The fourth-order valence-corrected chi connectivity index (χ4v) is 3.47.